The minimum absolute atomic E-state index is 0.269. The summed E-state index contributed by atoms with van der Waals surface area (Å²) in [5.41, 5.74) is 1.23. The van der Waals surface area contributed by atoms with Crippen LogP contribution in [0.2, 0.25) is 0 Å². The maximum atomic E-state index is 12.2. The summed E-state index contributed by atoms with van der Waals surface area (Å²) in [5.74, 6) is 0. The average molecular weight is 359 g/mol. The van der Waals surface area contributed by atoms with Gasteiger partial charge in [0.05, 0.1) is 24.8 Å². The normalized spacial score (nSPS) is 22.8. The molecule has 3 rings (SSSR count). The van der Waals surface area contributed by atoms with Crippen LogP contribution in [0.4, 0.5) is 15.3 Å². The van der Waals surface area contributed by atoms with Gasteiger partial charge < -0.3 is 14.2 Å². The van der Waals surface area contributed by atoms with Crippen molar-refractivity contribution in [2.75, 3.05) is 31.1 Å². The molecule has 0 saturated carbocycles. The Morgan fingerprint density at radius 1 is 1.38 bits per heavy atom. The van der Waals surface area contributed by atoms with Crippen molar-refractivity contribution >= 4 is 17.9 Å². The van der Waals surface area contributed by atoms with E-state index in [2.05, 4.69) is 0 Å². The average Bonchev–Trinajstić information content (AvgIpc) is 3.22. The molecule has 0 aromatic heterocycles. The number of hydrogen-bond donors (Lipinski definition) is 0. The fraction of sp³-hybridized carbons (Fsp3) is 0.500. The largest absolute Gasteiger partial charge is 0.509 e. The number of cyclic esters (lactones) is 1. The van der Waals surface area contributed by atoms with Crippen molar-refractivity contribution in [1.82, 2.24) is 4.90 Å². The first kappa shape index (κ1) is 18.0. The van der Waals surface area contributed by atoms with E-state index in [0.717, 1.165) is 19.4 Å². The first-order valence-electron chi connectivity index (χ1n) is 8.66. The summed E-state index contributed by atoms with van der Waals surface area (Å²) in [5, 5.41) is 8.86. The number of hydrogen-bond acceptors (Lipinski definition) is 7. The predicted molar refractivity (Wildman–Crippen MR) is 91.5 cm³/mol. The molecule has 0 spiro atoms. The Bertz CT molecular complexity index is 700. The molecule has 1 aromatic carbocycles. The monoisotopic (exact) mass is 359 g/mol. The number of nitrogens with zero attached hydrogens (tertiary/aromatic N) is 3. The molecule has 0 N–H and O–H groups in total. The molecule has 26 heavy (non-hydrogen) atoms. The minimum Gasteiger partial charge on any atom is -0.443 e. The third-order valence-electron chi connectivity index (χ3n) is 4.42. The van der Waals surface area contributed by atoms with Gasteiger partial charge in [0.2, 0.25) is 0 Å². The number of ether oxygens (including phenoxy) is 3. The van der Waals surface area contributed by atoms with E-state index in [1.54, 1.807) is 36.1 Å². The molecule has 1 aromatic rings. The third-order valence-corrected chi connectivity index (χ3v) is 4.42. The summed E-state index contributed by atoms with van der Waals surface area (Å²) in [7, 11) is 0. The molecule has 138 valence electrons. The SMILES string of the molecule is CCOC(=O)OC1CCCN1CC1CN(c2ccc(C#N)cc2)C(=O)O1. The molecule has 0 aliphatic carbocycles. The predicted octanol–water partition coefficient (Wildman–Crippen LogP) is 2.48. The number of anilines is 1. The highest BCUT2D eigenvalue weighted by molar-refractivity contribution is 5.89. The zero-order valence-electron chi connectivity index (χ0n) is 14.6. The molecule has 8 heteroatoms. The molecule has 2 atom stereocenters. The van der Waals surface area contributed by atoms with Crippen LogP contribution in [0, 0.1) is 11.3 Å². The Labute approximate surface area is 151 Å². The van der Waals surface area contributed by atoms with E-state index in [1.807, 2.05) is 11.0 Å². The zero-order chi connectivity index (χ0) is 18.5. The maximum absolute atomic E-state index is 12.2. The number of carbonyl (C=O) groups is 2. The Kier molecular flexibility index (Phi) is 5.58. The second kappa shape index (κ2) is 8.06. The van der Waals surface area contributed by atoms with Crippen molar-refractivity contribution in [2.45, 2.75) is 32.1 Å². The van der Waals surface area contributed by atoms with E-state index in [1.165, 1.54) is 0 Å². The second-order valence-electron chi connectivity index (χ2n) is 6.17. The summed E-state index contributed by atoms with van der Waals surface area (Å²) in [4.78, 5) is 27.3. The lowest BCUT2D eigenvalue weighted by Gasteiger charge is -2.25. The van der Waals surface area contributed by atoms with Crippen molar-refractivity contribution in [1.29, 1.82) is 5.26 Å². The molecule has 2 unspecified atom stereocenters. The van der Waals surface area contributed by atoms with Gasteiger partial charge in [-0.3, -0.25) is 9.80 Å². The van der Waals surface area contributed by atoms with Gasteiger partial charge in [-0.15, -0.1) is 0 Å². The maximum Gasteiger partial charge on any atom is 0.509 e. The van der Waals surface area contributed by atoms with E-state index >= 15 is 0 Å². The van der Waals surface area contributed by atoms with Crippen molar-refractivity contribution in [2.24, 2.45) is 0 Å². The fourth-order valence-electron chi connectivity index (χ4n) is 3.21. The van der Waals surface area contributed by atoms with E-state index in [0.29, 0.717) is 24.3 Å². The first-order valence-corrected chi connectivity index (χ1v) is 8.66. The number of likely N-dealkylation sites (tertiary alicyclic amines) is 1. The number of amides is 1. The van der Waals surface area contributed by atoms with Crippen LogP contribution in [0.15, 0.2) is 24.3 Å². The second-order valence-corrected chi connectivity index (χ2v) is 6.17. The van der Waals surface area contributed by atoms with Crippen LogP contribution in [0.25, 0.3) is 0 Å². The van der Waals surface area contributed by atoms with Gasteiger partial charge in [-0.05, 0) is 44.0 Å². The van der Waals surface area contributed by atoms with Gasteiger partial charge >= 0.3 is 12.2 Å². The first-order chi connectivity index (χ1) is 12.6. The molecule has 0 radical (unpaired) electrons. The molecule has 8 nitrogen and oxygen atoms in total. The summed E-state index contributed by atoms with van der Waals surface area (Å²) >= 11 is 0. The number of benzene rings is 1. The van der Waals surface area contributed by atoms with Crippen molar-refractivity contribution in [3.8, 4) is 6.07 Å². The highest BCUT2D eigenvalue weighted by Gasteiger charge is 2.37. The lowest BCUT2D eigenvalue weighted by atomic mass is 10.2. The van der Waals surface area contributed by atoms with Crippen LogP contribution in [-0.2, 0) is 14.2 Å². The van der Waals surface area contributed by atoms with Crippen molar-refractivity contribution in [3.63, 3.8) is 0 Å². The third kappa shape index (κ3) is 4.06. The van der Waals surface area contributed by atoms with Gasteiger partial charge in [0.25, 0.3) is 0 Å². The lowest BCUT2D eigenvalue weighted by Crippen LogP contribution is -2.40. The fourth-order valence-corrected chi connectivity index (χ4v) is 3.21. The Morgan fingerprint density at radius 2 is 2.15 bits per heavy atom. The number of nitriles is 1. The lowest BCUT2D eigenvalue weighted by molar-refractivity contribution is -0.0376. The molecule has 2 aliphatic rings. The summed E-state index contributed by atoms with van der Waals surface area (Å²) in [6.07, 6.45) is -0.113. The number of carbonyl (C=O) groups excluding carboxylic acids is 2. The van der Waals surface area contributed by atoms with Gasteiger partial charge in [-0.2, -0.15) is 5.26 Å². The summed E-state index contributed by atoms with van der Waals surface area (Å²) in [6, 6.07) is 8.84. The van der Waals surface area contributed by atoms with Gasteiger partial charge in [0, 0.05) is 18.8 Å². The van der Waals surface area contributed by atoms with Gasteiger partial charge in [-0.1, -0.05) is 0 Å². The minimum atomic E-state index is -0.674. The quantitative estimate of drug-likeness (QED) is 0.746. The van der Waals surface area contributed by atoms with E-state index in [-0.39, 0.29) is 18.9 Å². The Balaban J connectivity index is 1.58. The topological polar surface area (TPSA) is 92.1 Å². The van der Waals surface area contributed by atoms with Crippen molar-refractivity contribution < 1.29 is 23.8 Å². The Hall–Kier alpha value is -2.79. The van der Waals surface area contributed by atoms with Crippen LogP contribution in [0.3, 0.4) is 0 Å². The molecule has 2 fully saturated rings. The molecule has 0 bridgehead atoms. The molecular formula is C18H21N3O5. The van der Waals surface area contributed by atoms with Crippen LogP contribution in [0.1, 0.15) is 25.3 Å². The summed E-state index contributed by atoms with van der Waals surface area (Å²) in [6.45, 7) is 3.67. The van der Waals surface area contributed by atoms with Crippen LogP contribution in [-0.4, -0.2) is 55.7 Å². The molecule has 1 amide bonds. The van der Waals surface area contributed by atoms with Gasteiger partial charge in [0.1, 0.15) is 6.10 Å². The van der Waals surface area contributed by atoms with Crippen LogP contribution in [0.5, 0.6) is 0 Å². The van der Waals surface area contributed by atoms with E-state index in [4.69, 9.17) is 19.5 Å². The molecular weight excluding hydrogens is 338 g/mol. The molecule has 2 saturated heterocycles. The van der Waals surface area contributed by atoms with E-state index in [9.17, 15) is 9.59 Å². The van der Waals surface area contributed by atoms with E-state index < -0.39 is 12.2 Å². The molecule has 2 aliphatic heterocycles. The van der Waals surface area contributed by atoms with Gasteiger partial charge in [0.15, 0.2) is 6.23 Å². The number of rotatable bonds is 5. The van der Waals surface area contributed by atoms with Gasteiger partial charge in [-0.25, -0.2) is 9.59 Å². The standard InChI is InChI=1S/C18H21N3O5/c1-2-24-18(23)26-16-4-3-9-20(16)11-15-12-21(17(22)25-15)14-7-5-13(10-19)6-8-14/h5-8,15-16H,2-4,9,11-12H2,1H3. The summed E-state index contributed by atoms with van der Waals surface area (Å²) < 4.78 is 15.6. The highest BCUT2D eigenvalue weighted by atomic mass is 16.7. The highest BCUT2D eigenvalue weighted by Crippen LogP contribution is 2.25. The van der Waals surface area contributed by atoms with Crippen molar-refractivity contribution in [3.05, 3.63) is 29.8 Å². The zero-order valence-corrected chi connectivity index (χ0v) is 14.6. The smallest absolute Gasteiger partial charge is 0.443 e. The van der Waals surface area contributed by atoms with Crippen LogP contribution >= 0.6 is 0 Å². The Morgan fingerprint density at radius 3 is 2.85 bits per heavy atom. The molecule has 2 heterocycles. The van der Waals surface area contributed by atoms with Crippen LogP contribution < -0.4 is 4.90 Å².